The fourth-order valence-electron chi connectivity index (χ4n) is 3.83. The molecular weight excluding hydrogens is 496 g/mol. The number of nitrogens with zero attached hydrogens (tertiary/aromatic N) is 5. The number of urea groups is 1. The molecule has 1 aliphatic heterocycles. The molecule has 1 atom stereocenters. The van der Waals surface area contributed by atoms with Crippen molar-refractivity contribution in [2.24, 2.45) is 0 Å². The monoisotopic (exact) mass is 520 g/mol. The first-order valence-corrected chi connectivity index (χ1v) is 11.9. The van der Waals surface area contributed by atoms with E-state index in [4.69, 9.17) is 26.3 Å². The van der Waals surface area contributed by atoms with Crippen molar-refractivity contribution in [1.29, 1.82) is 5.26 Å². The highest BCUT2D eigenvalue weighted by molar-refractivity contribution is 6.30. The van der Waals surface area contributed by atoms with Crippen molar-refractivity contribution in [1.82, 2.24) is 19.8 Å². The molecule has 0 radical (unpaired) electrons. The quantitative estimate of drug-likeness (QED) is 0.442. The van der Waals surface area contributed by atoms with Gasteiger partial charge in [-0.3, -0.25) is 14.6 Å². The molecule has 1 N–H and O–H groups in total. The van der Waals surface area contributed by atoms with E-state index in [1.54, 1.807) is 54.3 Å². The van der Waals surface area contributed by atoms with Crippen molar-refractivity contribution in [3.05, 3.63) is 76.6 Å². The van der Waals surface area contributed by atoms with E-state index in [1.807, 2.05) is 18.2 Å². The lowest BCUT2D eigenvalue weighted by Gasteiger charge is -2.40. The van der Waals surface area contributed by atoms with Crippen LogP contribution in [0.5, 0.6) is 11.6 Å². The molecule has 3 aromatic rings. The first-order chi connectivity index (χ1) is 17.9. The van der Waals surface area contributed by atoms with Gasteiger partial charge in [-0.25, -0.2) is 14.8 Å². The van der Waals surface area contributed by atoms with Crippen molar-refractivity contribution in [2.45, 2.75) is 26.1 Å². The second-order valence-electron chi connectivity index (χ2n) is 8.29. The van der Waals surface area contributed by atoms with Crippen molar-refractivity contribution >= 4 is 29.4 Å². The second kappa shape index (κ2) is 11.7. The van der Waals surface area contributed by atoms with Gasteiger partial charge in [-0.05, 0) is 42.8 Å². The molecule has 11 heteroatoms. The van der Waals surface area contributed by atoms with Crippen LogP contribution in [-0.2, 0) is 16.1 Å². The number of benzene rings is 1. The lowest BCUT2D eigenvalue weighted by molar-refractivity contribution is -0.133. The number of ether oxygens (including phenoxy) is 2. The highest BCUT2D eigenvalue weighted by atomic mass is 35.5. The molecule has 0 spiro atoms. The van der Waals surface area contributed by atoms with Crippen LogP contribution in [0.1, 0.15) is 23.4 Å². The Morgan fingerprint density at radius 1 is 1.14 bits per heavy atom. The molecule has 190 valence electrons. The highest BCUT2D eigenvalue weighted by Gasteiger charge is 2.38. The van der Waals surface area contributed by atoms with Crippen LogP contribution in [0.4, 0.5) is 10.6 Å². The zero-order valence-corrected chi connectivity index (χ0v) is 21.1. The Kier molecular flexibility index (Phi) is 8.18. The fraction of sp³-hybridized carbons (Fsp3) is 0.269. The number of methoxy groups -OCH3 is 1. The van der Waals surface area contributed by atoms with Crippen LogP contribution in [-0.4, -0.2) is 58.1 Å². The van der Waals surface area contributed by atoms with Gasteiger partial charge in [0, 0.05) is 24.7 Å². The Hall–Kier alpha value is -4.20. The molecule has 0 saturated carbocycles. The van der Waals surface area contributed by atoms with Gasteiger partial charge in [-0.1, -0.05) is 29.8 Å². The average molecular weight is 521 g/mol. The molecule has 3 amide bonds. The Bertz CT molecular complexity index is 1330. The minimum absolute atomic E-state index is 0.0624. The first-order valence-electron chi connectivity index (χ1n) is 11.5. The Morgan fingerprint density at radius 3 is 2.62 bits per heavy atom. The highest BCUT2D eigenvalue weighted by Crippen LogP contribution is 2.27. The predicted molar refractivity (Wildman–Crippen MR) is 136 cm³/mol. The Balaban J connectivity index is 1.54. The number of imide groups is 1. The number of nitrogens with one attached hydrogen (secondary N) is 1. The van der Waals surface area contributed by atoms with Gasteiger partial charge in [-0.2, -0.15) is 5.26 Å². The number of carbonyl (C=O) groups excluding carboxylic acids is 2. The van der Waals surface area contributed by atoms with Gasteiger partial charge in [-0.15, -0.1) is 0 Å². The number of aryl methyl sites for hydroxylation is 1. The van der Waals surface area contributed by atoms with Crippen LogP contribution >= 0.6 is 11.6 Å². The summed E-state index contributed by atoms with van der Waals surface area (Å²) < 4.78 is 10.9. The molecule has 0 bridgehead atoms. The van der Waals surface area contributed by atoms with Gasteiger partial charge in [0.05, 0.1) is 25.3 Å². The number of pyridine rings is 2. The summed E-state index contributed by atoms with van der Waals surface area (Å²) in [6, 6.07) is 17.1. The summed E-state index contributed by atoms with van der Waals surface area (Å²) in [4.78, 5) is 37.6. The maximum Gasteiger partial charge on any atom is 0.328 e. The SMILES string of the molecule is COCCN1C(=O)CC(Nc2ccc(Oc3cccc(C#N)n3)c(C)n2)N(Cc2ccc(Cl)cc2)C1=O. The third-order valence-electron chi connectivity index (χ3n) is 5.71. The molecule has 2 aromatic heterocycles. The van der Waals surface area contributed by atoms with E-state index in [0.29, 0.717) is 22.3 Å². The number of halogens is 1. The third kappa shape index (κ3) is 6.33. The number of aromatic nitrogens is 2. The van der Waals surface area contributed by atoms with Crippen LogP contribution in [0.15, 0.2) is 54.6 Å². The van der Waals surface area contributed by atoms with Crippen molar-refractivity contribution in [3.8, 4) is 17.7 Å². The zero-order valence-electron chi connectivity index (χ0n) is 20.3. The second-order valence-corrected chi connectivity index (χ2v) is 8.73. The number of nitriles is 1. The van der Waals surface area contributed by atoms with E-state index >= 15 is 0 Å². The molecule has 0 aliphatic carbocycles. The number of hydrogen-bond donors (Lipinski definition) is 1. The number of hydrogen-bond acceptors (Lipinski definition) is 8. The van der Waals surface area contributed by atoms with Gasteiger partial charge in [0.2, 0.25) is 11.8 Å². The summed E-state index contributed by atoms with van der Waals surface area (Å²) in [5, 5.41) is 12.9. The summed E-state index contributed by atoms with van der Waals surface area (Å²) in [5.74, 6) is 0.916. The van der Waals surface area contributed by atoms with Crippen LogP contribution in [0.3, 0.4) is 0 Å². The van der Waals surface area contributed by atoms with Crippen LogP contribution in [0.25, 0.3) is 0 Å². The Morgan fingerprint density at radius 2 is 1.92 bits per heavy atom. The number of amides is 3. The maximum atomic E-state index is 13.3. The summed E-state index contributed by atoms with van der Waals surface area (Å²) in [5.41, 5.74) is 1.67. The molecule has 3 heterocycles. The van der Waals surface area contributed by atoms with Crippen LogP contribution < -0.4 is 10.1 Å². The minimum Gasteiger partial charge on any atom is -0.437 e. The van der Waals surface area contributed by atoms with Gasteiger partial charge in [0.25, 0.3) is 0 Å². The summed E-state index contributed by atoms with van der Waals surface area (Å²) in [7, 11) is 1.52. The minimum atomic E-state index is -0.623. The number of rotatable bonds is 9. The molecule has 1 saturated heterocycles. The molecule has 10 nitrogen and oxygen atoms in total. The standard InChI is InChI=1S/C26H25ClN6O4/c1-17-21(37-24-5-3-4-20(15-28)30-24)10-11-22(29-17)31-23-14-25(34)32(12-13-36-2)26(35)33(23)16-18-6-8-19(27)9-7-18/h3-11,23H,12-14,16H2,1-2H3,(H,29,31). The predicted octanol–water partition coefficient (Wildman–Crippen LogP) is 4.34. The van der Waals surface area contributed by atoms with E-state index in [0.717, 1.165) is 5.56 Å². The van der Waals surface area contributed by atoms with Crippen molar-refractivity contribution in [2.75, 3.05) is 25.6 Å². The number of anilines is 1. The summed E-state index contributed by atoms with van der Waals surface area (Å²) in [6.45, 7) is 2.45. The molecule has 4 rings (SSSR count). The van der Waals surface area contributed by atoms with Gasteiger partial charge >= 0.3 is 6.03 Å². The van der Waals surface area contributed by atoms with Gasteiger partial charge in [0.1, 0.15) is 23.7 Å². The van der Waals surface area contributed by atoms with E-state index in [2.05, 4.69) is 15.3 Å². The molecule has 1 aliphatic rings. The van der Waals surface area contributed by atoms with Crippen molar-refractivity contribution in [3.63, 3.8) is 0 Å². The van der Waals surface area contributed by atoms with E-state index in [9.17, 15) is 9.59 Å². The third-order valence-corrected chi connectivity index (χ3v) is 5.96. The Labute approximate surface area is 219 Å². The zero-order chi connectivity index (χ0) is 26.4. The lowest BCUT2D eigenvalue weighted by Crippen LogP contribution is -2.59. The molecule has 1 fully saturated rings. The largest absolute Gasteiger partial charge is 0.437 e. The smallest absolute Gasteiger partial charge is 0.328 e. The van der Waals surface area contributed by atoms with Crippen LogP contribution in [0.2, 0.25) is 5.02 Å². The summed E-state index contributed by atoms with van der Waals surface area (Å²) >= 11 is 6.02. The van der Waals surface area contributed by atoms with Gasteiger partial charge in [0.15, 0.2) is 5.75 Å². The summed E-state index contributed by atoms with van der Waals surface area (Å²) in [6.07, 6.45) is -0.561. The normalized spacial score (nSPS) is 15.5. The lowest BCUT2D eigenvalue weighted by atomic mass is 10.1. The fourth-order valence-corrected chi connectivity index (χ4v) is 3.96. The van der Waals surface area contributed by atoms with Crippen LogP contribution in [0, 0.1) is 18.3 Å². The van der Waals surface area contributed by atoms with Crippen molar-refractivity contribution < 1.29 is 19.1 Å². The van der Waals surface area contributed by atoms with E-state index < -0.39 is 12.2 Å². The average Bonchev–Trinajstić information content (AvgIpc) is 2.89. The maximum absolute atomic E-state index is 13.3. The molecule has 1 aromatic carbocycles. The van der Waals surface area contributed by atoms with Gasteiger partial charge < -0.3 is 14.8 Å². The molecular formula is C26H25ClN6O4. The van der Waals surface area contributed by atoms with E-state index in [1.165, 1.54) is 12.0 Å². The topological polar surface area (TPSA) is 121 Å². The number of carbonyl (C=O) groups is 2. The molecule has 37 heavy (non-hydrogen) atoms. The van der Waals surface area contributed by atoms with E-state index in [-0.39, 0.29) is 43.6 Å². The molecule has 1 unspecified atom stereocenters. The first kappa shape index (κ1) is 25.9.